The molecule has 17 heavy (non-hydrogen) atoms. The molecule has 0 aliphatic heterocycles. The van der Waals surface area contributed by atoms with Crippen LogP contribution < -0.4 is 0 Å². The zero-order valence-electron chi connectivity index (χ0n) is 8.82. The Morgan fingerprint density at radius 2 is 1.88 bits per heavy atom. The Kier molecular flexibility index (Phi) is 3.03. The van der Waals surface area contributed by atoms with Gasteiger partial charge in [-0.15, -0.1) is 0 Å². The lowest BCUT2D eigenvalue weighted by Gasteiger charge is -2.15. The van der Waals surface area contributed by atoms with Gasteiger partial charge in [0.25, 0.3) is 0 Å². The summed E-state index contributed by atoms with van der Waals surface area (Å²) in [5.41, 5.74) is 0.993. The van der Waals surface area contributed by atoms with Crippen LogP contribution in [0.4, 0.5) is 0 Å². The van der Waals surface area contributed by atoms with Crippen LogP contribution in [0, 0.1) is 0 Å². The number of aromatic nitrogens is 1. The molecule has 0 aliphatic rings. The van der Waals surface area contributed by atoms with Crippen molar-refractivity contribution < 1.29 is 20.1 Å². The number of pyridine rings is 1. The standard InChI is InChI=1S/C12H11NO4/c14-10(11(15)12(16)17)8-5-6-13-9-4-2-1-3-7(8)9/h1-6,10-11,14-15H,(H,16,17). The van der Waals surface area contributed by atoms with Crippen molar-refractivity contribution in [2.75, 3.05) is 0 Å². The van der Waals surface area contributed by atoms with E-state index in [2.05, 4.69) is 4.98 Å². The van der Waals surface area contributed by atoms with Crippen LogP contribution in [0.15, 0.2) is 36.5 Å². The van der Waals surface area contributed by atoms with E-state index in [0.29, 0.717) is 16.5 Å². The number of fused-ring (bicyclic) bond motifs is 1. The van der Waals surface area contributed by atoms with Crippen LogP contribution in [0.25, 0.3) is 10.9 Å². The number of aliphatic hydroxyl groups excluding tert-OH is 2. The first-order chi connectivity index (χ1) is 8.11. The lowest BCUT2D eigenvalue weighted by Crippen LogP contribution is -2.27. The van der Waals surface area contributed by atoms with E-state index in [4.69, 9.17) is 5.11 Å². The molecule has 0 amide bonds. The van der Waals surface area contributed by atoms with Gasteiger partial charge in [-0.2, -0.15) is 0 Å². The maximum absolute atomic E-state index is 10.6. The van der Waals surface area contributed by atoms with Gasteiger partial charge >= 0.3 is 5.97 Å². The molecular weight excluding hydrogens is 222 g/mol. The fraction of sp³-hybridized carbons (Fsp3) is 0.167. The Morgan fingerprint density at radius 1 is 1.18 bits per heavy atom. The average molecular weight is 233 g/mol. The highest BCUT2D eigenvalue weighted by Gasteiger charge is 2.26. The first kappa shape index (κ1) is 11.5. The molecular formula is C12H11NO4. The third-order valence-electron chi connectivity index (χ3n) is 2.55. The second-order valence-electron chi connectivity index (χ2n) is 3.65. The Hall–Kier alpha value is -1.98. The molecule has 0 aliphatic carbocycles. The maximum Gasteiger partial charge on any atom is 0.335 e. The lowest BCUT2D eigenvalue weighted by atomic mass is 10.0. The van der Waals surface area contributed by atoms with Crippen LogP contribution in [0.5, 0.6) is 0 Å². The number of hydrogen-bond donors (Lipinski definition) is 3. The number of aliphatic carboxylic acids is 1. The zero-order chi connectivity index (χ0) is 12.4. The molecule has 0 spiro atoms. The van der Waals surface area contributed by atoms with E-state index in [0.717, 1.165) is 0 Å². The van der Waals surface area contributed by atoms with Crippen LogP contribution in [-0.4, -0.2) is 32.4 Å². The Labute approximate surface area is 97.0 Å². The fourth-order valence-electron chi connectivity index (χ4n) is 1.68. The minimum absolute atomic E-state index is 0.352. The van der Waals surface area contributed by atoms with E-state index < -0.39 is 18.2 Å². The van der Waals surface area contributed by atoms with Crippen LogP contribution in [-0.2, 0) is 4.79 Å². The number of carbonyl (C=O) groups is 1. The third-order valence-corrected chi connectivity index (χ3v) is 2.55. The van der Waals surface area contributed by atoms with Gasteiger partial charge in [0.15, 0.2) is 6.10 Å². The predicted octanol–water partition coefficient (Wildman–Crippen LogP) is 0.714. The fourth-order valence-corrected chi connectivity index (χ4v) is 1.68. The number of hydrogen-bond acceptors (Lipinski definition) is 4. The van der Waals surface area contributed by atoms with Gasteiger partial charge in [0.05, 0.1) is 5.52 Å². The van der Waals surface area contributed by atoms with Gasteiger partial charge in [-0.3, -0.25) is 4.98 Å². The first-order valence-electron chi connectivity index (χ1n) is 5.04. The van der Waals surface area contributed by atoms with Gasteiger partial charge in [0.2, 0.25) is 0 Å². The van der Waals surface area contributed by atoms with E-state index in [1.807, 2.05) is 0 Å². The lowest BCUT2D eigenvalue weighted by molar-refractivity contribution is -0.153. The van der Waals surface area contributed by atoms with Gasteiger partial charge in [0, 0.05) is 11.6 Å². The van der Waals surface area contributed by atoms with Crippen molar-refractivity contribution in [3.05, 3.63) is 42.1 Å². The molecule has 0 saturated carbocycles. The van der Waals surface area contributed by atoms with Crippen LogP contribution in [0.1, 0.15) is 11.7 Å². The minimum Gasteiger partial charge on any atom is -0.479 e. The van der Waals surface area contributed by atoms with Crippen LogP contribution >= 0.6 is 0 Å². The smallest absolute Gasteiger partial charge is 0.335 e. The summed E-state index contributed by atoms with van der Waals surface area (Å²) in [7, 11) is 0. The summed E-state index contributed by atoms with van der Waals surface area (Å²) >= 11 is 0. The second-order valence-corrected chi connectivity index (χ2v) is 3.65. The normalized spacial score (nSPS) is 14.5. The van der Waals surface area contributed by atoms with Crippen LogP contribution in [0.3, 0.4) is 0 Å². The molecule has 88 valence electrons. The number of rotatable bonds is 3. The molecule has 3 N–H and O–H groups in total. The zero-order valence-corrected chi connectivity index (χ0v) is 8.82. The minimum atomic E-state index is -1.85. The largest absolute Gasteiger partial charge is 0.479 e. The van der Waals surface area contributed by atoms with E-state index in [-0.39, 0.29) is 0 Å². The van der Waals surface area contributed by atoms with Crippen molar-refractivity contribution in [1.82, 2.24) is 4.98 Å². The molecule has 5 heteroatoms. The maximum atomic E-state index is 10.6. The van der Waals surface area contributed by atoms with Crippen molar-refractivity contribution in [1.29, 1.82) is 0 Å². The summed E-state index contributed by atoms with van der Waals surface area (Å²) < 4.78 is 0. The average Bonchev–Trinajstić information content (AvgIpc) is 2.36. The highest BCUT2D eigenvalue weighted by Crippen LogP contribution is 2.24. The summed E-state index contributed by atoms with van der Waals surface area (Å²) in [6.07, 6.45) is -1.85. The number of nitrogens with zero attached hydrogens (tertiary/aromatic N) is 1. The molecule has 1 heterocycles. The number of carboxylic acid groups (broad SMARTS) is 1. The molecule has 2 unspecified atom stereocenters. The van der Waals surface area contributed by atoms with Gasteiger partial charge in [-0.1, -0.05) is 18.2 Å². The Bertz CT molecular complexity index is 550. The van der Waals surface area contributed by atoms with Crippen molar-refractivity contribution >= 4 is 16.9 Å². The van der Waals surface area contributed by atoms with E-state index in [9.17, 15) is 15.0 Å². The molecule has 1 aromatic heterocycles. The van der Waals surface area contributed by atoms with Crippen molar-refractivity contribution in [3.8, 4) is 0 Å². The highest BCUT2D eigenvalue weighted by atomic mass is 16.4. The number of carboxylic acids is 1. The quantitative estimate of drug-likeness (QED) is 0.726. The topological polar surface area (TPSA) is 90.7 Å². The number of para-hydroxylation sites is 1. The van der Waals surface area contributed by atoms with Gasteiger partial charge in [-0.05, 0) is 17.7 Å². The summed E-state index contributed by atoms with van der Waals surface area (Å²) in [6, 6.07) is 8.51. The summed E-state index contributed by atoms with van der Waals surface area (Å²) in [6.45, 7) is 0. The highest BCUT2D eigenvalue weighted by molar-refractivity contribution is 5.83. The van der Waals surface area contributed by atoms with E-state index in [1.165, 1.54) is 12.3 Å². The Balaban J connectivity index is 2.52. The second kappa shape index (κ2) is 4.48. The molecule has 1 aromatic carbocycles. The summed E-state index contributed by atoms with van der Waals surface area (Å²) in [5.74, 6) is -1.46. The Morgan fingerprint density at radius 3 is 2.59 bits per heavy atom. The van der Waals surface area contributed by atoms with E-state index in [1.54, 1.807) is 24.3 Å². The van der Waals surface area contributed by atoms with Crippen molar-refractivity contribution in [2.24, 2.45) is 0 Å². The molecule has 2 atom stereocenters. The number of benzene rings is 1. The summed E-state index contributed by atoms with van der Waals surface area (Å²) in [5, 5.41) is 28.4. The van der Waals surface area contributed by atoms with E-state index >= 15 is 0 Å². The van der Waals surface area contributed by atoms with Gasteiger partial charge in [-0.25, -0.2) is 4.79 Å². The van der Waals surface area contributed by atoms with Crippen LogP contribution in [0.2, 0.25) is 0 Å². The predicted molar refractivity (Wildman–Crippen MR) is 60.3 cm³/mol. The SMILES string of the molecule is O=C(O)C(O)C(O)c1ccnc2ccccc12. The summed E-state index contributed by atoms with van der Waals surface area (Å²) in [4.78, 5) is 14.7. The molecule has 0 fully saturated rings. The first-order valence-corrected chi connectivity index (χ1v) is 5.04. The monoisotopic (exact) mass is 233 g/mol. The molecule has 5 nitrogen and oxygen atoms in total. The number of aliphatic hydroxyl groups is 2. The van der Waals surface area contributed by atoms with Gasteiger partial charge in [0.1, 0.15) is 6.10 Å². The van der Waals surface area contributed by atoms with Crippen molar-refractivity contribution in [2.45, 2.75) is 12.2 Å². The molecule has 0 saturated heterocycles. The third kappa shape index (κ3) is 2.11. The van der Waals surface area contributed by atoms with Gasteiger partial charge < -0.3 is 15.3 Å². The molecule has 2 aromatic rings. The molecule has 0 bridgehead atoms. The van der Waals surface area contributed by atoms with Crippen molar-refractivity contribution in [3.63, 3.8) is 0 Å². The molecule has 0 radical (unpaired) electrons. The molecule has 2 rings (SSSR count).